The van der Waals surface area contributed by atoms with E-state index in [0.29, 0.717) is 19.7 Å². The van der Waals surface area contributed by atoms with Crippen LogP contribution in [0.2, 0.25) is 0 Å². The third-order valence-corrected chi connectivity index (χ3v) is 9.79. The molecule has 0 aliphatic rings. The van der Waals surface area contributed by atoms with Crippen molar-refractivity contribution >= 4 is 65.9 Å². The molecule has 0 bridgehead atoms. The van der Waals surface area contributed by atoms with Gasteiger partial charge in [0, 0.05) is 10.0 Å². The number of sulfone groups is 1. The fourth-order valence-electron chi connectivity index (χ4n) is 3.37. The van der Waals surface area contributed by atoms with Crippen molar-refractivity contribution in [2.75, 3.05) is 12.9 Å². The second-order valence-electron chi connectivity index (χ2n) is 7.07. The highest BCUT2D eigenvalue weighted by Gasteiger charge is 2.28. The van der Waals surface area contributed by atoms with Crippen LogP contribution in [0.4, 0.5) is 8.78 Å². The summed E-state index contributed by atoms with van der Waals surface area (Å²) >= 11 is 5.68. The number of rotatable bonds is 7. The summed E-state index contributed by atoms with van der Waals surface area (Å²) < 4.78 is 62.1. The van der Waals surface area contributed by atoms with Gasteiger partial charge >= 0.3 is 5.97 Å². The van der Waals surface area contributed by atoms with Gasteiger partial charge in [0.25, 0.3) is 0 Å². The number of thiophene rings is 1. The van der Waals surface area contributed by atoms with E-state index in [-0.39, 0.29) is 33.4 Å². The number of halogens is 3. The number of thioether (sulfide) groups is 1. The number of benzene rings is 2. The molecule has 34 heavy (non-hydrogen) atoms. The lowest BCUT2D eigenvalue weighted by Gasteiger charge is -2.09. The highest BCUT2D eigenvalue weighted by atomic mass is 79.9. The molecule has 6 nitrogen and oxygen atoms in total. The van der Waals surface area contributed by atoms with Crippen LogP contribution in [0.5, 0.6) is 0 Å². The Kier molecular flexibility index (Phi) is 7.13. The number of nitrogens with zero attached hydrogens (tertiary/aromatic N) is 2. The van der Waals surface area contributed by atoms with Crippen LogP contribution in [0.25, 0.3) is 11.0 Å². The van der Waals surface area contributed by atoms with E-state index >= 15 is 0 Å². The number of imidazole rings is 1. The average Bonchev–Trinajstić information content (AvgIpc) is 3.41. The second-order valence-corrected chi connectivity index (χ2v) is 12.0. The summed E-state index contributed by atoms with van der Waals surface area (Å²) in [5.41, 5.74) is 1.03. The lowest BCUT2D eigenvalue weighted by atomic mass is 10.2. The number of esters is 1. The molecule has 2 aromatic carbocycles. The average molecular weight is 587 g/mol. The molecule has 0 aliphatic carbocycles. The second kappa shape index (κ2) is 9.76. The Hall–Kier alpha value is -2.28. The predicted octanol–water partition coefficient (Wildman–Crippen LogP) is 5.92. The summed E-state index contributed by atoms with van der Waals surface area (Å²) in [5.74, 6) is -1.70. The van der Waals surface area contributed by atoms with Crippen molar-refractivity contribution in [3.63, 3.8) is 0 Å². The fraction of sp³-hybridized carbons (Fsp3) is 0.182. The number of carbonyl (C=O) groups excluding carboxylic acids is 1. The van der Waals surface area contributed by atoms with Gasteiger partial charge in [-0.2, -0.15) is 0 Å². The van der Waals surface area contributed by atoms with Gasteiger partial charge in [-0.3, -0.25) is 0 Å². The van der Waals surface area contributed by atoms with Crippen LogP contribution < -0.4 is 0 Å². The summed E-state index contributed by atoms with van der Waals surface area (Å²) in [6.45, 7) is 1.86. The molecular weight excluding hydrogens is 570 g/mol. The van der Waals surface area contributed by atoms with E-state index in [9.17, 15) is 22.0 Å². The first-order valence-electron chi connectivity index (χ1n) is 9.84. The minimum Gasteiger partial charge on any atom is -0.462 e. The quantitative estimate of drug-likeness (QED) is 0.198. The molecule has 0 fully saturated rings. The van der Waals surface area contributed by atoms with E-state index in [1.54, 1.807) is 17.7 Å². The number of hydrogen-bond acceptors (Lipinski definition) is 7. The Bertz CT molecular complexity index is 1520. The van der Waals surface area contributed by atoms with Crippen LogP contribution in [0, 0.1) is 11.6 Å². The minimum atomic E-state index is -3.99. The van der Waals surface area contributed by atoms with Gasteiger partial charge in [-0.15, -0.1) is 23.1 Å². The Morgan fingerprint density at radius 3 is 2.71 bits per heavy atom. The van der Waals surface area contributed by atoms with E-state index < -0.39 is 27.4 Å². The Labute approximate surface area is 211 Å². The molecule has 0 unspecified atom stereocenters. The molecule has 0 amide bonds. The van der Waals surface area contributed by atoms with Gasteiger partial charge in [0.05, 0.1) is 44.5 Å². The van der Waals surface area contributed by atoms with Crippen LogP contribution in [0.3, 0.4) is 0 Å². The molecule has 0 saturated carbocycles. The first-order valence-corrected chi connectivity index (χ1v) is 14.2. The van der Waals surface area contributed by atoms with E-state index in [4.69, 9.17) is 4.74 Å². The Balaban J connectivity index is 1.76. The first kappa shape index (κ1) is 24.8. The van der Waals surface area contributed by atoms with Crippen molar-refractivity contribution in [3.05, 3.63) is 69.3 Å². The van der Waals surface area contributed by atoms with Gasteiger partial charge in [0.15, 0.2) is 0 Å². The lowest BCUT2D eigenvalue weighted by molar-refractivity contribution is 0.0532. The van der Waals surface area contributed by atoms with Crippen molar-refractivity contribution in [2.24, 2.45) is 0 Å². The summed E-state index contributed by atoms with van der Waals surface area (Å²) in [6, 6.07) is 7.38. The summed E-state index contributed by atoms with van der Waals surface area (Å²) in [5, 5.41) is 0. The molecule has 0 N–H and O–H groups in total. The SMILES string of the molecule is CCOC(=O)c1cc(S(=O)(=O)c2cc(Br)c3c(c2)ncn3Cc2cc(F)ccc2F)c(SC)s1. The third kappa shape index (κ3) is 4.64. The van der Waals surface area contributed by atoms with Crippen molar-refractivity contribution < 1.29 is 26.7 Å². The zero-order valence-electron chi connectivity index (χ0n) is 17.8. The van der Waals surface area contributed by atoms with Crippen LogP contribution in [-0.2, 0) is 21.1 Å². The smallest absolute Gasteiger partial charge is 0.348 e. The molecule has 0 radical (unpaired) electrons. The monoisotopic (exact) mass is 586 g/mol. The highest BCUT2D eigenvalue weighted by molar-refractivity contribution is 9.10. The van der Waals surface area contributed by atoms with E-state index in [1.807, 2.05) is 0 Å². The van der Waals surface area contributed by atoms with Crippen LogP contribution >= 0.6 is 39.0 Å². The van der Waals surface area contributed by atoms with Crippen molar-refractivity contribution in [2.45, 2.75) is 27.5 Å². The van der Waals surface area contributed by atoms with Crippen LogP contribution in [0.1, 0.15) is 22.2 Å². The van der Waals surface area contributed by atoms with Crippen molar-refractivity contribution in [1.82, 2.24) is 9.55 Å². The molecule has 2 aromatic heterocycles. The zero-order valence-corrected chi connectivity index (χ0v) is 21.9. The van der Waals surface area contributed by atoms with E-state index in [0.717, 1.165) is 29.5 Å². The van der Waals surface area contributed by atoms with Gasteiger partial charge in [-0.25, -0.2) is 27.0 Å². The third-order valence-electron chi connectivity index (χ3n) is 4.92. The standard InChI is InChI=1S/C22H17BrF2N2O4S3/c1-3-31-21(28)18-9-19(22(32-2)33-18)34(29,30)14-7-15(23)20-17(8-14)26-11-27(20)10-12-6-13(24)4-5-16(12)25/h4-9,11H,3,10H2,1-2H3. The van der Waals surface area contributed by atoms with E-state index in [2.05, 4.69) is 20.9 Å². The van der Waals surface area contributed by atoms with Crippen LogP contribution in [0.15, 0.2) is 61.2 Å². The van der Waals surface area contributed by atoms with Crippen LogP contribution in [-0.4, -0.2) is 36.8 Å². The van der Waals surface area contributed by atoms with Gasteiger partial charge < -0.3 is 9.30 Å². The number of fused-ring (bicyclic) bond motifs is 1. The molecule has 12 heteroatoms. The largest absolute Gasteiger partial charge is 0.462 e. The summed E-state index contributed by atoms with van der Waals surface area (Å²) in [4.78, 5) is 16.6. The topological polar surface area (TPSA) is 78.3 Å². The number of hydrogen-bond donors (Lipinski definition) is 0. The molecule has 0 aliphatic heterocycles. The van der Waals surface area contributed by atoms with Gasteiger partial charge in [0.1, 0.15) is 16.5 Å². The zero-order chi connectivity index (χ0) is 24.6. The molecule has 2 heterocycles. The summed E-state index contributed by atoms with van der Waals surface area (Å²) in [6.07, 6.45) is 3.17. The van der Waals surface area contributed by atoms with Crippen molar-refractivity contribution in [1.29, 1.82) is 0 Å². The molecule has 178 valence electrons. The van der Waals surface area contributed by atoms with Gasteiger partial charge in [0.2, 0.25) is 9.84 Å². The first-order chi connectivity index (χ1) is 16.1. The number of aromatic nitrogens is 2. The van der Waals surface area contributed by atoms with Gasteiger partial charge in [-0.1, -0.05) is 0 Å². The predicted molar refractivity (Wildman–Crippen MR) is 130 cm³/mol. The highest BCUT2D eigenvalue weighted by Crippen LogP contribution is 2.39. The lowest BCUT2D eigenvalue weighted by Crippen LogP contribution is -2.05. The maximum Gasteiger partial charge on any atom is 0.348 e. The molecule has 4 aromatic rings. The Morgan fingerprint density at radius 2 is 2.00 bits per heavy atom. The Morgan fingerprint density at radius 1 is 1.24 bits per heavy atom. The maximum atomic E-state index is 14.1. The fourth-order valence-corrected chi connectivity index (χ4v) is 8.14. The normalized spacial score (nSPS) is 11.8. The minimum absolute atomic E-state index is 0.00877. The van der Waals surface area contributed by atoms with Gasteiger partial charge in [-0.05, 0) is 65.5 Å². The molecular formula is C22H17BrF2N2O4S3. The molecule has 0 spiro atoms. The molecule has 4 rings (SSSR count). The summed E-state index contributed by atoms with van der Waals surface area (Å²) in [7, 11) is -3.99. The number of carbonyl (C=O) groups is 1. The van der Waals surface area contributed by atoms with E-state index in [1.165, 1.54) is 36.3 Å². The molecule has 0 atom stereocenters. The van der Waals surface area contributed by atoms with Crippen molar-refractivity contribution in [3.8, 4) is 0 Å². The molecule has 0 saturated heterocycles. The number of ether oxygens (including phenoxy) is 1. The maximum absolute atomic E-state index is 14.1.